The summed E-state index contributed by atoms with van der Waals surface area (Å²) >= 11 is 3.36. The zero-order chi connectivity index (χ0) is 14.2. The van der Waals surface area contributed by atoms with Gasteiger partial charge in [0.1, 0.15) is 0 Å². The van der Waals surface area contributed by atoms with Crippen LogP contribution in [0.5, 0.6) is 0 Å². The zero-order valence-electron chi connectivity index (χ0n) is 11.1. The number of hydrogen-bond acceptors (Lipinski definition) is 4. The molecule has 0 saturated carbocycles. The van der Waals surface area contributed by atoms with Crippen LogP contribution >= 0.6 is 15.9 Å². The molecular formula is C14H17BrN2O3. The second kappa shape index (κ2) is 5.35. The number of nitrogens with zero attached hydrogens (tertiary/aromatic N) is 1. The maximum atomic E-state index is 12.6. The molecule has 0 unspecified atom stereocenters. The quantitative estimate of drug-likeness (QED) is 0.794. The molecule has 5 nitrogen and oxygen atoms in total. The van der Waals surface area contributed by atoms with Crippen LogP contribution in [0.4, 0.5) is 5.69 Å². The molecule has 1 aromatic carbocycles. The maximum Gasteiger partial charge on any atom is 0.254 e. The average Bonchev–Trinajstić information content (AvgIpc) is 2.85. The molecule has 20 heavy (non-hydrogen) atoms. The summed E-state index contributed by atoms with van der Waals surface area (Å²) in [5.74, 6) is -0.623. The molecule has 2 saturated heterocycles. The third kappa shape index (κ3) is 2.68. The lowest BCUT2D eigenvalue weighted by Gasteiger charge is -2.38. The fraction of sp³-hybridized carbons (Fsp3) is 0.500. The van der Waals surface area contributed by atoms with Gasteiger partial charge in [-0.1, -0.05) is 15.9 Å². The molecule has 0 bridgehead atoms. The van der Waals surface area contributed by atoms with Crippen LogP contribution in [0.3, 0.4) is 0 Å². The summed E-state index contributed by atoms with van der Waals surface area (Å²) in [4.78, 5) is 14.4. The Morgan fingerprint density at radius 1 is 1.30 bits per heavy atom. The van der Waals surface area contributed by atoms with Crippen molar-refractivity contribution < 1.29 is 14.3 Å². The average molecular weight is 341 g/mol. The Labute approximate surface area is 126 Å². The molecule has 1 amide bonds. The molecule has 2 aliphatic rings. The van der Waals surface area contributed by atoms with Crippen molar-refractivity contribution in [3.05, 3.63) is 28.2 Å². The third-order valence-corrected chi connectivity index (χ3v) is 4.14. The Morgan fingerprint density at radius 3 is 2.75 bits per heavy atom. The van der Waals surface area contributed by atoms with Gasteiger partial charge in [-0.2, -0.15) is 0 Å². The number of ether oxygens (including phenoxy) is 2. The number of carbonyl (C=O) groups excluding carboxylic acids is 1. The third-order valence-electron chi connectivity index (χ3n) is 3.69. The number of anilines is 1. The van der Waals surface area contributed by atoms with Crippen molar-refractivity contribution in [1.82, 2.24) is 4.90 Å². The fourth-order valence-electron chi connectivity index (χ4n) is 2.81. The highest BCUT2D eigenvalue weighted by atomic mass is 79.9. The summed E-state index contributed by atoms with van der Waals surface area (Å²) in [5.41, 5.74) is 6.95. The van der Waals surface area contributed by atoms with Crippen molar-refractivity contribution in [3.63, 3.8) is 0 Å². The molecule has 2 fully saturated rings. The number of likely N-dealkylation sites (tertiary alicyclic amines) is 1. The van der Waals surface area contributed by atoms with E-state index in [-0.39, 0.29) is 5.91 Å². The van der Waals surface area contributed by atoms with E-state index in [0.29, 0.717) is 31.0 Å². The van der Waals surface area contributed by atoms with Crippen LogP contribution < -0.4 is 5.73 Å². The van der Waals surface area contributed by atoms with E-state index in [1.54, 1.807) is 23.1 Å². The van der Waals surface area contributed by atoms with Crippen molar-refractivity contribution >= 4 is 27.5 Å². The maximum absolute atomic E-state index is 12.6. The Bertz CT molecular complexity index is 509. The lowest BCUT2D eigenvalue weighted by molar-refractivity contribution is -0.183. The highest BCUT2D eigenvalue weighted by molar-refractivity contribution is 9.10. The number of rotatable bonds is 1. The largest absolute Gasteiger partial charge is 0.399 e. The van der Waals surface area contributed by atoms with Crippen LogP contribution in [0.25, 0.3) is 0 Å². The highest BCUT2D eigenvalue weighted by Crippen LogP contribution is 2.31. The molecule has 0 aliphatic carbocycles. The highest BCUT2D eigenvalue weighted by Gasteiger charge is 2.42. The normalized spacial score (nSPS) is 21.4. The Morgan fingerprint density at radius 2 is 2.05 bits per heavy atom. The zero-order valence-corrected chi connectivity index (χ0v) is 12.7. The predicted molar refractivity (Wildman–Crippen MR) is 78.3 cm³/mol. The molecule has 2 aliphatic heterocycles. The van der Waals surface area contributed by atoms with Crippen LogP contribution in [0.1, 0.15) is 23.2 Å². The summed E-state index contributed by atoms with van der Waals surface area (Å²) < 4.78 is 12.2. The molecule has 1 aromatic rings. The summed E-state index contributed by atoms with van der Waals surface area (Å²) in [5, 5.41) is 0. The van der Waals surface area contributed by atoms with Gasteiger partial charge in [0.2, 0.25) is 0 Å². The first kappa shape index (κ1) is 13.9. The van der Waals surface area contributed by atoms with Crippen molar-refractivity contribution in [3.8, 4) is 0 Å². The summed E-state index contributed by atoms with van der Waals surface area (Å²) in [6.07, 6.45) is 1.73. The molecule has 2 N–H and O–H groups in total. The SMILES string of the molecule is Nc1cc(Br)cc(C(=O)N2CCCC3(C2)OCCO3)c1. The standard InChI is InChI=1S/C14H17BrN2O3/c15-11-6-10(7-12(16)8-11)13(18)17-3-1-2-14(9-17)19-4-5-20-14/h6-8H,1-5,9,16H2. The molecular weight excluding hydrogens is 324 g/mol. The van der Waals surface area contributed by atoms with E-state index in [1.165, 1.54) is 0 Å². The first-order valence-corrected chi connectivity index (χ1v) is 7.51. The lowest BCUT2D eigenvalue weighted by atomic mass is 10.0. The van der Waals surface area contributed by atoms with E-state index in [1.807, 2.05) is 0 Å². The van der Waals surface area contributed by atoms with Gasteiger partial charge in [0.15, 0.2) is 5.79 Å². The van der Waals surface area contributed by atoms with E-state index >= 15 is 0 Å². The van der Waals surface area contributed by atoms with Crippen LogP contribution in [-0.2, 0) is 9.47 Å². The topological polar surface area (TPSA) is 64.8 Å². The summed E-state index contributed by atoms with van der Waals surface area (Å²) in [6, 6.07) is 5.26. The lowest BCUT2D eigenvalue weighted by Crippen LogP contribution is -2.51. The monoisotopic (exact) mass is 340 g/mol. The number of nitrogens with two attached hydrogens (primary N) is 1. The van der Waals surface area contributed by atoms with Gasteiger partial charge in [0.05, 0.1) is 19.8 Å². The van der Waals surface area contributed by atoms with E-state index < -0.39 is 5.79 Å². The number of amides is 1. The fourth-order valence-corrected chi connectivity index (χ4v) is 3.32. The second-order valence-corrected chi connectivity index (χ2v) is 6.13. The van der Waals surface area contributed by atoms with Gasteiger partial charge in [-0.05, 0) is 24.6 Å². The molecule has 3 rings (SSSR count). The van der Waals surface area contributed by atoms with E-state index in [2.05, 4.69) is 15.9 Å². The van der Waals surface area contributed by atoms with Crippen LogP contribution in [-0.4, -0.2) is 42.9 Å². The first-order valence-electron chi connectivity index (χ1n) is 6.71. The number of carbonyl (C=O) groups is 1. The van der Waals surface area contributed by atoms with Gasteiger partial charge >= 0.3 is 0 Å². The van der Waals surface area contributed by atoms with Gasteiger partial charge in [0.25, 0.3) is 5.91 Å². The number of hydrogen-bond donors (Lipinski definition) is 1. The minimum Gasteiger partial charge on any atom is -0.399 e. The van der Waals surface area contributed by atoms with Crippen molar-refractivity contribution in [2.45, 2.75) is 18.6 Å². The molecule has 6 heteroatoms. The predicted octanol–water partition coefficient (Wildman–Crippen LogP) is 2.01. The van der Waals surface area contributed by atoms with E-state index in [4.69, 9.17) is 15.2 Å². The second-order valence-electron chi connectivity index (χ2n) is 5.21. The molecule has 0 atom stereocenters. The Kier molecular flexibility index (Phi) is 3.70. The van der Waals surface area contributed by atoms with Gasteiger partial charge in [-0.25, -0.2) is 0 Å². The van der Waals surface area contributed by atoms with Crippen molar-refractivity contribution in [2.24, 2.45) is 0 Å². The van der Waals surface area contributed by atoms with Crippen molar-refractivity contribution in [1.29, 1.82) is 0 Å². The number of piperidine rings is 1. The molecule has 1 spiro atoms. The first-order chi connectivity index (χ1) is 9.58. The minimum absolute atomic E-state index is 0.0313. The molecule has 0 aromatic heterocycles. The van der Waals surface area contributed by atoms with Gasteiger partial charge in [-0.3, -0.25) is 4.79 Å². The van der Waals surface area contributed by atoms with Gasteiger partial charge in [0, 0.05) is 28.7 Å². The van der Waals surface area contributed by atoms with E-state index in [0.717, 1.165) is 23.9 Å². The Hall–Kier alpha value is -1.11. The van der Waals surface area contributed by atoms with Crippen LogP contribution in [0.15, 0.2) is 22.7 Å². The van der Waals surface area contributed by atoms with Gasteiger partial charge < -0.3 is 20.1 Å². The Balaban J connectivity index is 1.79. The number of nitrogen functional groups attached to an aromatic ring is 1. The molecule has 108 valence electrons. The van der Waals surface area contributed by atoms with Crippen molar-refractivity contribution in [2.75, 3.05) is 32.0 Å². The summed E-state index contributed by atoms with van der Waals surface area (Å²) in [6.45, 7) is 2.41. The smallest absolute Gasteiger partial charge is 0.254 e. The molecule has 0 radical (unpaired) electrons. The number of benzene rings is 1. The molecule has 2 heterocycles. The summed E-state index contributed by atoms with van der Waals surface area (Å²) in [7, 11) is 0. The van der Waals surface area contributed by atoms with Crippen LogP contribution in [0.2, 0.25) is 0 Å². The van der Waals surface area contributed by atoms with E-state index in [9.17, 15) is 4.79 Å². The van der Waals surface area contributed by atoms with Gasteiger partial charge in [-0.15, -0.1) is 0 Å². The minimum atomic E-state index is -0.592. The van der Waals surface area contributed by atoms with Crippen LogP contribution in [0, 0.1) is 0 Å². The number of halogens is 1.